The summed E-state index contributed by atoms with van der Waals surface area (Å²) in [4.78, 5) is 0. The first-order valence-electron chi connectivity index (χ1n) is 4.48. The summed E-state index contributed by atoms with van der Waals surface area (Å²) >= 11 is 0. The van der Waals surface area contributed by atoms with Crippen molar-refractivity contribution in [2.24, 2.45) is 7.05 Å². The Balaban J connectivity index is 2.15. The molecule has 1 nitrogen and oxygen atoms in total. The topological polar surface area (TPSA) is 4.93 Å². The first-order chi connectivity index (χ1) is 5.36. The Bertz CT molecular complexity index is 231. The van der Waals surface area contributed by atoms with Crippen LogP contribution in [0.25, 0.3) is 0 Å². The fourth-order valence-corrected chi connectivity index (χ4v) is 2.03. The Kier molecular flexibility index (Phi) is 1.72. The summed E-state index contributed by atoms with van der Waals surface area (Å²) in [6.07, 6.45) is 10.1. The number of rotatable bonds is 1. The summed E-state index contributed by atoms with van der Waals surface area (Å²) in [6, 6.07) is 2.26. The molecule has 1 aliphatic rings. The molecule has 11 heavy (non-hydrogen) atoms. The number of nitrogens with zero attached hydrogens (tertiary/aromatic N) is 1. The molecule has 1 saturated carbocycles. The molecule has 0 saturated heterocycles. The fraction of sp³-hybridized carbons (Fsp3) is 0.600. The molecular weight excluding hydrogens is 134 g/mol. The minimum atomic E-state index is 0.871. The van der Waals surface area contributed by atoms with Gasteiger partial charge in [-0.25, -0.2) is 0 Å². The minimum absolute atomic E-state index is 0.871. The van der Waals surface area contributed by atoms with Crippen LogP contribution in [0.15, 0.2) is 18.5 Å². The fourth-order valence-electron chi connectivity index (χ4n) is 2.03. The third-order valence-corrected chi connectivity index (χ3v) is 2.68. The second kappa shape index (κ2) is 2.72. The van der Waals surface area contributed by atoms with Crippen molar-refractivity contribution >= 4 is 0 Å². The summed E-state index contributed by atoms with van der Waals surface area (Å²) in [6.45, 7) is 0. The summed E-state index contributed by atoms with van der Waals surface area (Å²) < 4.78 is 2.15. The van der Waals surface area contributed by atoms with E-state index in [0.717, 1.165) is 5.92 Å². The lowest BCUT2D eigenvalue weighted by Crippen LogP contribution is -1.89. The smallest absolute Gasteiger partial charge is 0.0106 e. The van der Waals surface area contributed by atoms with Gasteiger partial charge in [-0.05, 0) is 30.4 Å². The van der Waals surface area contributed by atoms with Crippen LogP contribution >= 0.6 is 0 Å². The maximum Gasteiger partial charge on any atom is 0.0106 e. The monoisotopic (exact) mass is 149 g/mol. The summed E-state index contributed by atoms with van der Waals surface area (Å²) in [7, 11) is 2.10. The molecule has 0 atom stereocenters. The molecule has 1 aromatic rings. The van der Waals surface area contributed by atoms with Crippen molar-refractivity contribution in [1.29, 1.82) is 0 Å². The van der Waals surface area contributed by atoms with Gasteiger partial charge in [0.2, 0.25) is 0 Å². The number of aryl methyl sites for hydroxylation is 1. The third-order valence-electron chi connectivity index (χ3n) is 2.68. The number of hydrogen-bond donors (Lipinski definition) is 0. The van der Waals surface area contributed by atoms with E-state index in [-0.39, 0.29) is 0 Å². The molecule has 0 aromatic carbocycles. The van der Waals surface area contributed by atoms with Gasteiger partial charge >= 0.3 is 0 Å². The van der Waals surface area contributed by atoms with E-state index in [4.69, 9.17) is 0 Å². The van der Waals surface area contributed by atoms with Crippen LogP contribution in [0.4, 0.5) is 0 Å². The van der Waals surface area contributed by atoms with Crippen LogP contribution in [0.3, 0.4) is 0 Å². The van der Waals surface area contributed by atoms with Crippen molar-refractivity contribution in [2.45, 2.75) is 31.6 Å². The SMILES string of the molecule is Cn1ccc(C2CCCC2)c1. The van der Waals surface area contributed by atoms with E-state index in [1.54, 1.807) is 5.56 Å². The lowest BCUT2D eigenvalue weighted by Gasteiger charge is -2.04. The van der Waals surface area contributed by atoms with Crippen molar-refractivity contribution in [3.63, 3.8) is 0 Å². The van der Waals surface area contributed by atoms with Gasteiger partial charge in [0.25, 0.3) is 0 Å². The van der Waals surface area contributed by atoms with Gasteiger partial charge < -0.3 is 4.57 Å². The zero-order valence-electron chi connectivity index (χ0n) is 7.09. The van der Waals surface area contributed by atoms with Crippen molar-refractivity contribution in [3.05, 3.63) is 24.0 Å². The van der Waals surface area contributed by atoms with E-state index in [1.807, 2.05) is 0 Å². The van der Waals surface area contributed by atoms with Gasteiger partial charge in [0.05, 0.1) is 0 Å². The normalized spacial score (nSPS) is 19.4. The van der Waals surface area contributed by atoms with E-state index in [0.29, 0.717) is 0 Å². The molecule has 0 aliphatic heterocycles. The molecule has 0 unspecified atom stereocenters. The van der Waals surface area contributed by atoms with Gasteiger partial charge in [-0.1, -0.05) is 12.8 Å². The Morgan fingerprint density at radius 2 is 2.09 bits per heavy atom. The van der Waals surface area contributed by atoms with E-state index < -0.39 is 0 Å². The van der Waals surface area contributed by atoms with Crippen LogP contribution in [-0.2, 0) is 7.05 Å². The number of hydrogen-bond acceptors (Lipinski definition) is 0. The highest BCUT2D eigenvalue weighted by Crippen LogP contribution is 2.33. The molecular formula is C10H15N. The molecule has 1 aliphatic carbocycles. The average Bonchev–Trinajstić information content (AvgIpc) is 2.55. The van der Waals surface area contributed by atoms with Gasteiger partial charge in [0.15, 0.2) is 0 Å². The lowest BCUT2D eigenvalue weighted by molar-refractivity contribution is 0.720. The minimum Gasteiger partial charge on any atom is -0.357 e. The van der Waals surface area contributed by atoms with E-state index in [9.17, 15) is 0 Å². The van der Waals surface area contributed by atoms with Gasteiger partial charge in [-0.2, -0.15) is 0 Å². The van der Waals surface area contributed by atoms with Gasteiger partial charge in [0, 0.05) is 19.4 Å². The molecule has 0 amide bonds. The molecule has 60 valence electrons. The van der Waals surface area contributed by atoms with Crippen LogP contribution < -0.4 is 0 Å². The quantitative estimate of drug-likeness (QED) is 0.578. The Hall–Kier alpha value is -0.720. The predicted molar refractivity (Wildman–Crippen MR) is 46.6 cm³/mol. The lowest BCUT2D eigenvalue weighted by atomic mass is 10.0. The molecule has 1 heteroatoms. The molecule has 1 aromatic heterocycles. The summed E-state index contributed by atoms with van der Waals surface area (Å²) in [5.74, 6) is 0.871. The second-order valence-electron chi connectivity index (χ2n) is 3.59. The standard InChI is InChI=1S/C10H15N/c1-11-7-6-10(8-11)9-4-2-3-5-9/h6-9H,2-5H2,1H3. The molecule has 2 rings (SSSR count). The third kappa shape index (κ3) is 1.32. The van der Waals surface area contributed by atoms with E-state index in [2.05, 4.69) is 30.1 Å². The summed E-state index contributed by atoms with van der Waals surface area (Å²) in [5, 5.41) is 0. The van der Waals surface area contributed by atoms with Crippen molar-refractivity contribution < 1.29 is 0 Å². The predicted octanol–water partition coefficient (Wildman–Crippen LogP) is 2.68. The molecule has 0 N–H and O–H groups in total. The van der Waals surface area contributed by atoms with Crippen LogP contribution in [-0.4, -0.2) is 4.57 Å². The number of aromatic nitrogens is 1. The molecule has 1 heterocycles. The Morgan fingerprint density at radius 3 is 2.64 bits per heavy atom. The maximum absolute atomic E-state index is 2.26. The summed E-state index contributed by atoms with van der Waals surface area (Å²) in [5.41, 5.74) is 1.55. The first kappa shape index (κ1) is 6.96. The molecule has 0 spiro atoms. The van der Waals surface area contributed by atoms with Gasteiger partial charge in [0.1, 0.15) is 0 Å². The van der Waals surface area contributed by atoms with Crippen molar-refractivity contribution in [1.82, 2.24) is 4.57 Å². The zero-order chi connectivity index (χ0) is 7.68. The van der Waals surface area contributed by atoms with Crippen LogP contribution in [0, 0.1) is 0 Å². The van der Waals surface area contributed by atoms with E-state index >= 15 is 0 Å². The average molecular weight is 149 g/mol. The Morgan fingerprint density at radius 1 is 1.36 bits per heavy atom. The first-order valence-corrected chi connectivity index (χ1v) is 4.48. The van der Waals surface area contributed by atoms with Gasteiger partial charge in [-0.3, -0.25) is 0 Å². The highest BCUT2D eigenvalue weighted by Gasteiger charge is 2.16. The van der Waals surface area contributed by atoms with E-state index in [1.165, 1.54) is 25.7 Å². The zero-order valence-corrected chi connectivity index (χ0v) is 7.09. The second-order valence-corrected chi connectivity index (χ2v) is 3.59. The largest absolute Gasteiger partial charge is 0.357 e. The molecule has 0 radical (unpaired) electrons. The van der Waals surface area contributed by atoms with Crippen molar-refractivity contribution in [2.75, 3.05) is 0 Å². The highest BCUT2D eigenvalue weighted by molar-refractivity contribution is 5.16. The van der Waals surface area contributed by atoms with Crippen LogP contribution in [0.2, 0.25) is 0 Å². The molecule has 0 bridgehead atoms. The highest BCUT2D eigenvalue weighted by atomic mass is 14.9. The Labute approximate surface area is 68.0 Å². The maximum atomic E-state index is 2.26. The van der Waals surface area contributed by atoms with Crippen LogP contribution in [0.5, 0.6) is 0 Å². The van der Waals surface area contributed by atoms with Crippen molar-refractivity contribution in [3.8, 4) is 0 Å². The van der Waals surface area contributed by atoms with Gasteiger partial charge in [-0.15, -0.1) is 0 Å². The molecule has 1 fully saturated rings. The van der Waals surface area contributed by atoms with Crippen LogP contribution in [0.1, 0.15) is 37.2 Å².